The predicted octanol–water partition coefficient (Wildman–Crippen LogP) is 4.34. The molecule has 0 aromatic carbocycles. The summed E-state index contributed by atoms with van der Waals surface area (Å²) in [7, 11) is 1.42. The standard InChI is InChI=1S/C16H26O4S/c1-5-8-9-10-12-11-13(16(19-6-2)20-7-3)21-14(12)15(17)18-4/h11,16H,5-10H2,1-4H3. The molecule has 1 aromatic rings. The Morgan fingerprint density at radius 1 is 1.19 bits per heavy atom. The lowest BCUT2D eigenvalue weighted by atomic mass is 10.1. The van der Waals surface area contributed by atoms with Crippen molar-refractivity contribution in [1.29, 1.82) is 0 Å². The van der Waals surface area contributed by atoms with Gasteiger partial charge in [-0.2, -0.15) is 0 Å². The van der Waals surface area contributed by atoms with Crippen LogP contribution in [-0.4, -0.2) is 26.3 Å². The van der Waals surface area contributed by atoms with Gasteiger partial charge in [0.25, 0.3) is 0 Å². The number of aryl methyl sites for hydroxylation is 1. The molecule has 0 spiro atoms. The van der Waals surface area contributed by atoms with Gasteiger partial charge in [-0.25, -0.2) is 4.79 Å². The molecule has 0 unspecified atom stereocenters. The lowest BCUT2D eigenvalue weighted by molar-refractivity contribution is -0.138. The maximum Gasteiger partial charge on any atom is 0.348 e. The molecule has 0 fully saturated rings. The molecule has 120 valence electrons. The molecule has 0 aliphatic carbocycles. The van der Waals surface area contributed by atoms with E-state index in [1.54, 1.807) is 0 Å². The summed E-state index contributed by atoms with van der Waals surface area (Å²) in [4.78, 5) is 13.5. The first-order valence-corrected chi connectivity index (χ1v) is 8.43. The summed E-state index contributed by atoms with van der Waals surface area (Å²) >= 11 is 1.41. The van der Waals surface area contributed by atoms with Gasteiger partial charge in [0.2, 0.25) is 0 Å². The first kappa shape index (κ1) is 18.1. The van der Waals surface area contributed by atoms with E-state index in [1.807, 2.05) is 19.9 Å². The van der Waals surface area contributed by atoms with Crippen LogP contribution in [0.4, 0.5) is 0 Å². The minimum atomic E-state index is -0.395. The third-order valence-corrected chi connectivity index (χ3v) is 4.30. The number of hydrogen-bond acceptors (Lipinski definition) is 5. The Morgan fingerprint density at radius 3 is 2.38 bits per heavy atom. The second-order valence-electron chi connectivity index (χ2n) is 4.69. The summed E-state index contributed by atoms with van der Waals surface area (Å²) in [6.45, 7) is 7.18. The van der Waals surface area contributed by atoms with Crippen molar-refractivity contribution in [3.63, 3.8) is 0 Å². The van der Waals surface area contributed by atoms with Gasteiger partial charge in [-0.05, 0) is 38.3 Å². The lowest BCUT2D eigenvalue weighted by Gasteiger charge is -2.14. The van der Waals surface area contributed by atoms with Crippen LogP contribution in [0.3, 0.4) is 0 Å². The second-order valence-corrected chi connectivity index (χ2v) is 5.78. The molecule has 4 nitrogen and oxygen atoms in total. The van der Waals surface area contributed by atoms with E-state index in [0.29, 0.717) is 18.1 Å². The zero-order valence-electron chi connectivity index (χ0n) is 13.4. The van der Waals surface area contributed by atoms with Gasteiger partial charge in [0, 0.05) is 13.2 Å². The molecule has 5 heteroatoms. The third kappa shape index (κ3) is 5.41. The molecule has 1 aromatic heterocycles. The van der Waals surface area contributed by atoms with Crippen LogP contribution in [0.2, 0.25) is 0 Å². The van der Waals surface area contributed by atoms with E-state index in [1.165, 1.54) is 18.4 Å². The molecule has 0 aliphatic heterocycles. The van der Waals surface area contributed by atoms with E-state index in [0.717, 1.165) is 36.1 Å². The fraction of sp³-hybridized carbons (Fsp3) is 0.688. The summed E-state index contributed by atoms with van der Waals surface area (Å²) in [6.07, 6.45) is 3.88. The molecular weight excluding hydrogens is 288 g/mol. The summed E-state index contributed by atoms with van der Waals surface area (Å²) in [5.74, 6) is -0.274. The maximum atomic E-state index is 11.9. The molecule has 0 atom stereocenters. The Hall–Kier alpha value is -0.910. The van der Waals surface area contributed by atoms with E-state index in [4.69, 9.17) is 14.2 Å². The molecule has 0 amide bonds. The fourth-order valence-corrected chi connectivity index (χ4v) is 3.23. The van der Waals surface area contributed by atoms with Crippen molar-refractivity contribution in [1.82, 2.24) is 0 Å². The van der Waals surface area contributed by atoms with Crippen LogP contribution in [0.5, 0.6) is 0 Å². The van der Waals surface area contributed by atoms with Crippen molar-refractivity contribution in [2.24, 2.45) is 0 Å². The van der Waals surface area contributed by atoms with Gasteiger partial charge in [0.05, 0.1) is 12.0 Å². The van der Waals surface area contributed by atoms with Gasteiger partial charge in [-0.3, -0.25) is 0 Å². The zero-order valence-corrected chi connectivity index (χ0v) is 14.3. The summed E-state index contributed by atoms with van der Waals surface area (Å²) < 4.78 is 16.1. The predicted molar refractivity (Wildman–Crippen MR) is 84.9 cm³/mol. The van der Waals surface area contributed by atoms with Crippen LogP contribution >= 0.6 is 11.3 Å². The highest BCUT2D eigenvalue weighted by Crippen LogP contribution is 2.32. The molecule has 1 rings (SSSR count). The Bertz CT molecular complexity index is 422. The number of esters is 1. The van der Waals surface area contributed by atoms with Gasteiger partial charge in [0.1, 0.15) is 4.88 Å². The fourth-order valence-electron chi connectivity index (χ4n) is 2.10. The minimum Gasteiger partial charge on any atom is -0.465 e. The topological polar surface area (TPSA) is 44.8 Å². The van der Waals surface area contributed by atoms with Crippen molar-refractivity contribution in [2.75, 3.05) is 20.3 Å². The van der Waals surface area contributed by atoms with Crippen LogP contribution in [0.15, 0.2) is 6.07 Å². The van der Waals surface area contributed by atoms with E-state index in [9.17, 15) is 4.79 Å². The molecule has 0 N–H and O–H groups in total. The molecule has 0 aliphatic rings. The molecule has 0 saturated heterocycles. The summed E-state index contributed by atoms with van der Waals surface area (Å²) in [5.41, 5.74) is 1.04. The van der Waals surface area contributed by atoms with E-state index in [2.05, 4.69) is 6.92 Å². The smallest absolute Gasteiger partial charge is 0.348 e. The number of unbranched alkanes of at least 4 members (excludes halogenated alkanes) is 2. The summed E-state index contributed by atoms with van der Waals surface area (Å²) in [6, 6.07) is 2.03. The van der Waals surface area contributed by atoms with Crippen LogP contribution in [0.1, 0.15) is 66.4 Å². The Labute approximate surface area is 131 Å². The largest absolute Gasteiger partial charge is 0.465 e. The molecule has 0 bridgehead atoms. The van der Waals surface area contributed by atoms with Crippen molar-refractivity contribution in [2.45, 2.75) is 52.7 Å². The van der Waals surface area contributed by atoms with Crippen molar-refractivity contribution in [3.8, 4) is 0 Å². The summed E-state index contributed by atoms with van der Waals surface area (Å²) in [5, 5.41) is 0. The Morgan fingerprint density at radius 2 is 1.86 bits per heavy atom. The van der Waals surface area contributed by atoms with Gasteiger partial charge in [-0.1, -0.05) is 19.8 Å². The van der Waals surface area contributed by atoms with E-state index < -0.39 is 6.29 Å². The first-order valence-electron chi connectivity index (χ1n) is 7.61. The number of rotatable bonds is 10. The first-order chi connectivity index (χ1) is 10.2. The van der Waals surface area contributed by atoms with Crippen LogP contribution < -0.4 is 0 Å². The monoisotopic (exact) mass is 314 g/mol. The molecule has 1 heterocycles. The maximum absolute atomic E-state index is 11.9. The average Bonchev–Trinajstić information content (AvgIpc) is 2.90. The highest BCUT2D eigenvalue weighted by molar-refractivity contribution is 7.14. The molecule has 0 radical (unpaired) electrons. The molecule has 21 heavy (non-hydrogen) atoms. The van der Waals surface area contributed by atoms with Gasteiger partial charge < -0.3 is 14.2 Å². The van der Waals surface area contributed by atoms with Gasteiger partial charge >= 0.3 is 5.97 Å². The number of carbonyl (C=O) groups excluding carboxylic acids is 1. The number of ether oxygens (including phenoxy) is 3. The highest BCUT2D eigenvalue weighted by atomic mass is 32.1. The van der Waals surface area contributed by atoms with Crippen LogP contribution in [0.25, 0.3) is 0 Å². The van der Waals surface area contributed by atoms with E-state index >= 15 is 0 Å². The van der Waals surface area contributed by atoms with Crippen molar-refractivity contribution >= 4 is 17.3 Å². The second kappa shape index (κ2) is 9.92. The Balaban J connectivity index is 2.96. The number of thiophene rings is 1. The van der Waals surface area contributed by atoms with Crippen molar-refractivity contribution in [3.05, 3.63) is 21.4 Å². The van der Waals surface area contributed by atoms with Gasteiger partial charge in [-0.15, -0.1) is 11.3 Å². The highest BCUT2D eigenvalue weighted by Gasteiger charge is 2.21. The SMILES string of the molecule is CCCCCc1cc(C(OCC)OCC)sc1C(=O)OC. The normalized spacial score (nSPS) is 11.1. The van der Waals surface area contributed by atoms with E-state index in [-0.39, 0.29) is 5.97 Å². The van der Waals surface area contributed by atoms with Gasteiger partial charge in [0.15, 0.2) is 6.29 Å². The number of hydrogen-bond donors (Lipinski definition) is 0. The Kier molecular flexibility index (Phi) is 8.57. The zero-order chi connectivity index (χ0) is 15.7. The molecular formula is C16H26O4S. The lowest BCUT2D eigenvalue weighted by Crippen LogP contribution is -2.07. The third-order valence-electron chi connectivity index (χ3n) is 3.12. The number of methoxy groups -OCH3 is 1. The van der Waals surface area contributed by atoms with Crippen LogP contribution in [-0.2, 0) is 20.6 Å². The average molecular weight is 314 g/mol. The number of carbonyl (C=O) groups is 1. The minimum absolute atomic E-state index is 0.274. The van der Waals surface area contributed by atoms with Crippen LogP contribution in [0, 0.1) is 0 Å². The van der Waals surface area contributed by atoms with Crippen molar-refractivity contribution < 1.29 is 19.0 Å². The quantitative estimate of drug-likeness (QED) is 0.366. The molecule has 0 saturated carbocycles.